The van der Waals surface area contributed by atoms with E-state index < -0.39 is 5.56 Å². The van der Waals surface area contributed by atoms with Crippen molar-refractivity contribution < 1.29 is 0 Å². The van der Waals surface area contributed by atoms with E-state index >= 15 is 0 Å². The number of hydrogen-bond acceptors (Lipinski definition) is 2. The number of halogens is 4. The van der Waals surface area contributed by atoms with Gasteiger partial charge in [0.25, 0.3) is 5.56 Å². The van der Waals surface area contributed by atoms with Gasteiger partial charge in [0.1, 0.15) is 11.6 Å². The van der Waals surface area contributed by atoms with E-state index in [1.165, 1.54) is 10.6 Å². The van der Waals surface area contributed by atoms with Crippen molar-refractivity contribution in [1.29, 1.82) is 5.26 Å². The Morgan fingerprint density at radius 3 is 2.12 bits per heavy atom. The number of hydrogen-bond donors (Lipinski definition) is 0. The van der Waals surface area contributed by atoms with E-state index in [1.54, 1.807) is 42.5 Å². The molecule has 0 radical (unpaired) electrons. The number of nitrogens with zero attached hydrogens (tertiary/aromatic N) is 2. The molecule has 7 heteroatoms. The van der Waals surface area contributed by atoms with E-state index in [2.05, 4.69) is 0 Å². The molecule has 0 bridgehead atoms. The molecular weight excluding hydrogens is 414 g/mol. The van der Waals surface area contributed by atoms with Crippen molar-refractivity contribution in [3.8, 4) is 17.3 Å². The van der Waals surface area contributed by atoms with Crippen LogP contribution in [-0.2, 0) is 6.54 Å². The van der Waals surface area contributed by atoms with Gasteiger partial charge in [-0.3, -0.25) is 4.79 Å². The van der Waals surface area contributed by atoms with Gasteiger partial charge in [-0.15, -0.1) is 0 Å². The lowest BCUT2D eigenvalue weighted by molar-refractivity contribution is 0.765. The van der Waals surface area contributed by atoms with Gasteiger partial charge in [-0.2, -0.15) is 5.26 Å². The first-order valence-corrected chi connectivity index (χ1v) is 8.95. The highest BCUT2D eigenvalue weighted by Gasteiger charge is 2.13. The third-order valence-electron chi connectivity index (χ3n) is 3.83. The summed E-state index contributed by atoms with van der Waals surface area (Å²) >= 11 is 24.1. The zero-order chi connectivity index (χ0) is 18.8. The zero-order valence-electron chi connectivity index (χ0n) is 13.1. The van der Waals surface area contributed by atoms with Gasteiger partial charge in [0.05, 0.1) is 32.3 Å². The highest BCUT2D eigenvalue weighted by molar-refractivity contribution is 6.42. The molecule has 0 saturated carbocycles. The summed E-state index contributed by atoms with van der Waals surface area (Å²) in [7, 11) is 0. The second-order valence-electron chi connectivity index (χ2n) is 5.51. The standard InChI is InChI=1S/C19H10Cl4N2O/c20-14-4-1-11(7-16(14)22)10-25-18(6-3-13(9-24)19(25)26)12-2-5-15(21)17(23)8-12/h1-8H,10H2. The van der Waals surface area contributed by atoms with Crippen LogP contribution in [0.1, 0.15) is 11.1 Å². The molecule has 3 aromatic rings. The minimum Gasteiger partial charge on any atom is -0.303 e. The molecular formula is C19H10Cl4N2O. The topological polar surface area (TPSA) is 45.8 Å². The van der Waals surface area contributed by atoms with Crippen LogP contribution < -0.4 is 5.56 Å². The number of aromatic nitrogens is 1. The molecule has 3 nitrogen and oxygen atoms in total. The van der Waals surface area contributed by atoms with Crippen LogP contribution in [0.25, 0.3) is 11.3 Å². The summed E-state index contributed by atoms with van der Waals surface area (Å²) in [5, 5.41) is 10.8. The van der Waals surface area contributed by atoms with Gasteiger partial charge >= 0.3 is 0 Å². The van der Waals surface area contributed by atoms with E-state index in [-0.39, 0.29) is 12.1 Å². The molecule has 2 aromatic carbocycles. The zero-order valence-corrected chi connectivity index (χ0v) is 16.2. The number of nitriles is 1. The lowest BCUT2D eigenvalue weighted by atomic mass is 10.1. The maximum absolute atomic E-state index is 12.7. The molecule has 0 aliphatic carbocycles. The van der Waals surface area contributed by atoms with Gasteiger partial charge < -0.3 is 4.57 Å². The molecule has 0 N–H and O–H groups in total. The molecule has 3 rings (SSSR count). The SMILES string of the molecule is N#Cc1ccc(-c2ccc(Cl)c(Cl)c2)n(Cc2ccc(Cl)c(Cl)c2)c1=O. The summed E-state index contributed by atoms with van der Waals surface area (Å²) in [6, 6.07) is 15.3. The normalized spacial score (nSPS) is 10.6. The largest absolute Gasteiger partial charge is 0.303 e. The summed E-state index contributed by atoms with van der Waals surface area (Å²) in [6.07, 6.45) is 0. The van der Waals surface area contributed by atoms with Crippen molar-refractivity contribution in [2.45, 2.75) is 6.54 Å². The highest BCUT2D eigenvalue weighted by atomic mass is 35.5. The van der Waals surface area contributed by atoms with Crippen molar-refractivity contribution in [2.24, 2.45) is 0 Å². The van der Waals surface area contributed by atoms with E-state index in [4.69, 9.17) is 46.4 Å². The second-order valence-corrected chi connectivity index (χ2v) is 7.14. The Labute approximate surface area is 169 Å². The Balaban J connectivity index is 2.18. The number of rotatable bonds is 3. The maximum Gasteiger partial charge on any atom is 0.269 e. The lowest BCUT2D eigenvalue weighted by Gasteiger charge is -2.14. The molecule has 0 aliphatic rings. The van der Waals surface area contributed by atoms with Crippen molar-refractivity contribution >= 4 is 46.4 Å². The van der Waals surface area contributed by atoms with Gasteiger partial charge in [-0.25, -0.2) is 0 Å². The van der Waals surface area contributed by atoms with Crippen molar-refractivity contribution in [3.63, 3.8) is 0 Å². The summed E-state index contributed by atoms with van der Waals surface area (Å²) < 4.78 is 1.50. The highest BCUT2D eigenvalue weighted by Crippen LogP contribution is 2.29. The third-order valence-corrected chi connectivity index (χ3v) is 5.31. The molecule has 1 aromatic heterocycles. The van der Waals surface area contributed by atoms with Crippen molar-refractivity contribution in [2.75, 3.05) is 0 Å². The predicted octanol–water partition coefficient (Wildman–Crippen LogP) is 6.05. The quantitative estimate of drug-likeness (QED) is 0.514. The number of pyridine rings is 1. The fourth-order valence-electron chi connectivity index (χ4n) is 2.55. The molecule has 1 heterocycles. The first-order valence-electron chi connectivity index (χ1n) is 7.44. The summed E-state index contributed by atoms with van der Waals surface area (Å²) in [5.41, 5.74) is 1.74. The smallest absolute Gasteiger partial charge is 0.269 e. The summed E-state index contributed by atoms with van der Waals surface area (Å²) in [4.78, 5) is 12.7. The molecule has 0 unspecified atom stereocenters. The first-order chi connectivity index (χ1) is 12.4. The molecule has 0 amide bonds. The Morgan fingerprint density at radius 1 is 0.846 bits per heavy atom. The average Bonchev–Trinajstić information content (AvgIpc) is 2.62. The van der Waals surface area contributed by atoms with E-state index in [1.807, 2.05) is 6.07 Å². The molecule has 130 valence electrons. The van der Waals surface area contributed by atoms with Crippen LogP contribution in [0.4, 0.5) is 0 Å². The van der Waals surface area contributed by atoms with Crippen molar-refractivity contribution in [1.82, 2.24) is 4.57 Å². The summed E-state index contributed by atoms with van der Waals surface area (Å²) in [6.45, 7) is 0.223. The Bertz CT molecular complexity index is 1100. The van der Waals surface area contributed by atoms with Crippen LogP contribution in [0, 0.1) is 11.3 Å². The van der Waals surface area contributed by atoms with Gasteiger partial charge in [0.2, 0.25) is 0 Å². The van der Waals surface area contributed by atoms with Crippen LogP contribution in [-0.4, -0.2) is 4.57 Å². The monoisotopic (exact) mass is 422 g/mol. The average molecular weight is 424 g/mol. The lowest BCUT2D eigenvalue weighted by Crippen LogP contribution is -2.24. The van der Waals surface area contributed by atoms with Crippen LogP contribution >= 0.6 is 46.4 Å². The maximum atomic E-state index is 12.7. The molecule has 0 fully saturated rings. The minimum absolute atomic E-state index is 0.0499. The fraction of sp³-hybridized carbons (Fsp3) is 0.0526. The van der Waals surface area contributed by atoms with Gasteiger partial charge in [-0.1, -0.05) is 58.5 Å². The Morgan fingerprint density at radius 2 is 1.50 bits per heavy atom. The molecule has 0 saturated heterocycles. The van der Waals surface area contributed by atoms with Crippen molar-refractivity contribution in [3.05, 3.63) is 90.1 Å². The van der Waals surface area contributed by atoms with Gasteiger partial charge in [-0.05, 0) is 47.5 Å². The number of benzene rings is 2. The third kappa shape index (κ3) is 3.75. The van der Waals surface area contributed by atoms with Crippen LogP contribution in [0.15, 0.2) is 53.3 Å². The van der Waals surface area contributed by atoms with E-state index in [0.717, 1.165) is 5.56 Å². The van der Waals surface area contributed by atoms with Gasteiger partial charge in [0.15, 0.2) is 0 Å². The minimum atomic E-state index is -0.401. The van der Waals surface area contributed by atoms with Crippen LogP contribution in [0.3, 0.4) is 0 Å². The van der Waals surface area contributed by atoms with Crippen LogP contribution in [0.5, 0.6) is 0 Å². The molecule has 0 atom stereocenters. The summed E-state index contributed by atoms with van der Waals surface area (Å²) in [5.74, 6) is 0. The Kier molecular flexibility index (Phi) is 5.60. The molecule has 0 spiro atoms. The molecule has 0 aliphatic heterocycles. The first kappa shape index (κ1) is 18.8. The van der Waals surface area contributed by atoms with E-state index in [9.17, 15) is 10.1 Å². The van der Waals surface area contributed by atoms with E-state index in [0.29, 0.717) is 31.3 Å². The van der Waals surface area contributed by atoms with Crippen LogP contribution in [0.2, 0.25) is 20.1 Å². The Hall–Kier alpha value is -1.96. The van der Waals surface area contributed by atoms with Gasteiger partial charge in [0, 0.05) is 0 Å². The fourth-order valence-corrected chi connectivity index (χ4v) is 3.17. The predicted molar refractivity (Wildman–Crippen MR) is 106 cm³/mol. The second kappa shape index (κ2) is 7.73. The molecule has 26 heavy (non-hydrogen) atoms.